The minimum Gasteiger partial charge on any atom is -0.481 e. The average Bonchev–Trinajstić information content (AvgIpc) is 3.19. The first-order valence-corrected chi connectivity index (χ1v) is 11.1. The summed E-state index contributed by atoms with van der Waals surface area (Å²) in [7, 11) is 0. The fourth-order valence-corrected chi connectivity index (χ4v) is 6.14. The molecule has 3 N–H and O–H groups in total. The lowest BCUT2D eigenvalue weighted by molar-refractivity contribution is -0.143. The predicted molar refractivity (Wildman–Crippen MR) is 100 cm³/mol. The van der Waals surface area contributed by atoms with Gasteiger partial charge in [-0.25, -0.2) is 0 Å². The van der Waals surface area contributed by atoms with Gasteiger partial charge in [0.1, 0.15) is 6.23 Å². The lowest BCUT2D eigenvalue weighted by Crippen LogP contribution is -2.44. The van der Waals surface area contributed by atoms with E-state index in [4.69, 9.17) is 4.84 Å². The second kappa shape index (κ2) is 8.57. The van der Waals surface area contributed by atoms with Gasteiger partial charge in [0, 0.05) is 5.92 Å². The molecule has 1 aliphatic heterocycles. The number of carboxylic acids is 1. The predicted octanol–water partition coefficient (Wildman–Crippen LogP) is 4.04. The molecule has 4 atom stereocenters. The SMILES string of the molecule is O=C(O)C1CCCC(C2NOC(C3CCC(C4CCCCC4)CC3)N2)C1. The van der Waals surface area contributed by atoms with Gasteiger partial charge in [-0.2, -0.15) is 5.48 Å². The van der Waals surface area contributed by atoms with Gasteiger partial charge in [0.2, 0.25) is 0 Å². The fourth-order valence-electron chi connectivity index (χ4n) is 6.14. The number of rotatable bonds is 4. The molecule has 5 nitrogen and oxygen atoms in total. The molecule has 0 aromatic rings. The smallest absolute Gasteiger partial charge is 0.306 e. The Labute approximate surface area is 157 Å². The molecule has 1 heterocycles. The average molecular weight is 365 g/mol. The van der Waals surface area contributed by atoms with Crippen LogP contribution in [0.4, 0.5) is 0 Å². The molecule has 5 heteroatoms. The minimum absolute atomic E-state index is 0.109. The molecule has 1 saturated heterocycles. The van der Waals surface area contributed by atoms with Crippen molar-refractivity contribution >= 4 is 5.97 Å². The van der Waals surface area contributed by atoms with Crippen molar-refractivity contribution < 1.29 is 14.7 Å². The largest absolute Gasteiger partial charge is 0.481 e. The minimum atomic E-state index is -0.633. The standard InChI is InChI=1S/C21H36N2O3/c24-21(25)18-8-4-7-17(13-18)19-22-20(26-23-19)16-11-9-15(10-12-16)14-5-2-1-3-6-14/h14-20,22-23H,1-13H2,(H,24,25). The highest BCUT2D eigenvalue weighted by Crippen LogP contribution is 2.41. The van der Waals surface area contributed by atoms with Crippen molar-refractivity contribution in [3.63, 3.8) is 0 Å². The van der Waals surface area contributed by atoms with Crippen molar-refractivity contribution in [1.29, 1.82) is 0 Å². The first kappa shape index (κ1) is 18.7. The molecule has 0 aromatic heterocycles. The van der Waals surface area contributed by atoms with Gasteiger partial charge in [0.15, 0.2) is 0 Å². The van der Waals surface area contributed by atoms with Gasteiger partial charge >= 0.3 is 5.97 Å². The number of hydrogen-bond donors (Lipinski definition) is 3. The number of hydrogen-bond acceptors (Lipinski definition) is 4. The summed E-state index contributed by atoms with van der Waals surface area (Å²) in [5.41, 5.74) is 3.20. The number of nitrogens with one attached hydrogen (secondary N) is 2. The number of carboxylic acid groups (broad SMARTS) is 1. The van der Waals surface area contributed by atoms with Gasteiger partial charge in [0.25, 0.3) is 0 Å². The van der Waals surface area contributed by atoms with Gasteiger partial charge < -0.3 is 5.11 Å². The molecule has 0 spiro atoms. The maximum Gasteiger partial charge on any atom is 0.306 e. The monoisotopic (exact) mass is 364 g/mol. The molecule has 148 valence electrons. The highest BCUT2D eigenvalue weighted by Gasteiger charge is 2.40. The number of carbonyl (C=O) groups is 1. The summed E-state index contributed by atoms with van der Waals surface area (Å²) in [6, 6.07) is 0. The first-order valence-electron chi connectivity index (χ1n) is 11.1. The quantitative estimate of drug-likeness (QED) is 0.702. The summed E-state index contributed by atoms with van der Waals surface area (Å²) in [5.74, 6) is 2.10. The van der Waals surface area contributed by atoms with Crippen molar-refractivity contribution in [1.82, 2.24) is 10.8 Å². The molecule has 4 aliphatic rings. The Morgan fingerprint density at radius 2 is 1.42 bits per heavy atom. The van der Waals surface area contributed by atoms with Crippen LogP contribution < -0.4 is 10.8 Å². The Kier molecular flexibility index (Phi) is 6.17. The van der Waals surface area contributed by atoms with Crippen molar-refractivity contribution in [2.24, 2.45) is 29.6 Å². The summed E-state index contributed by atoms with van der Waals surface area (Å²) in [6.45, 7) is 0. The number of aliphatic carboxylic acids is 1. The maximum atomic E-state index is 11.3. The van der Waals surface area contributed by atoms with Crippen LogP contribution in [0.1, 0.15) is 83.5 Å². The van der Waals surface area contributed by atoms with E-state index in [2.05, 4.69) is 10.8 Å². The normalized spacial score (nSPS) is 42.6. The lowest BCUT2D eigenvalue weighted by Gasteiger charge is -2.37. The lowest BCUT2D eigenvalue weighted by atomic mass is 9.70. The molecule has 4 rings (SSSR count). The molecular formula is C21H36N2O3. The van der Waals surface area contributed by atoms with E-state index in [0.29, 0.717) is 11.8 Å². The Bertz CT molecular complexity index is 472. The molecule has 3 saturated carbocycles. The Morgan fingerprint density at radius 3 is 2.15 bits per heavy atom. The van der Waals surface area contributed by atoms with E-state index in [9.17, 15) is 9.90 Å². The molecule has 4 unspecified atom stereocenters. The van der Waals surface area contributed by atoms with E-state index < -0.39 is 5.97 Å². The van der Waals surface area contributed by atoms with E-state index in [1.54, 1.807) is 0 Å². The van der Waals surface area contributed by atoms with Crippen molar-refractivity contribution in [3.05, 3.63) is 0 Å². The molecule has 26 heavy (non-hydrogen) atoms. The molecular weight excluding hydrogens is 328 g/mol. The van der Waals surface area contributed by atoms with Gasteiger partial charge in [-0.1, -0.05) is 38.5 Å². The molecule has 3 aliphatic carbocycles. The van der Waals surface area contributed by atoms with Gasteiger partial charge in [-0.15, -0.1) is 0 Å². The van der Waals surface area contributed by atoms with E-state index in [1.165, 1.54) is 57.8 Å². The number of hydroxylamine groups is 1. The summed E-state index contributed by atoms with van der Waals surface area (Å²) < 4.78 is 0. The summed E-state index contributed by atoms with van der Waals surface area (Å²) in [6.07, 6.45) is 16.5. The summed E-state index contributed by atoms with van der Waals surface area (Å²) in [5, 5.41) is 13.0. The van der Waals surface area contributed by atoms with Gasteiger partial charge in [-0.3, -0.25) is 14.9 Å². The highest BCUT2D eigenvalue weighted by molar-refractivity contribution is 5.70. The van der Waals surface area contributed by atoms with Gasteiger partial charge in [0.05, 0.1) is 12.1 Å². The van der Waals surface area contributed by atoms with Crippen LogP contribution in [-0.4, -0.2) is 23.5 Å². The maximum absolute atomic E-state index is 11.3. The Balaban J connectivity index is 1.24. The second-order valence-electron chi connectivity index (χ2n) is 9.34. The summed E-state index contributed by atoms with van der Waals surface area (Å²) in [4.78, 5) is 17.2. The third-order valence-corrected chi connectivity index (χ3v) is 7.76. The third-order valence-electron chi connectivity index (χ3n) is 7.76. The Morgan fingerprint density at radius 1 is 0.769 bits per heavy atom. The van der Waals surface area contributed by atoms with Crippen LogP contribution in [0.2, 0.25) is 0 Å². The van der Waals surface area contributed by atoms with Crippen molar-refractivity contribution in [2.75, 3.05) is 0 Å². The Hall–Kier alpha value is -0.650. The molecule has 0 aromatic carbocycles. The third kappa shape index (κ3) is 4.26. The zero-order valence-corrected chi connectivity index (χ0v) is 16.0. The second-order valence-corrected chi connectivity index (χ2v) is 9.34. The zero-order valence-electron chi connectivity index (χ0n) is 16.0. The van der Waals surface area contributed by atoms with Crippen LogP contribution in [0.25, 0.3) is 0 Å². The van der Waals surface area contributed by atoms with Gasteiger partial charge in [-0.05, 0) is 62.7 Å². The fraction of sp³-hybridized carbons (Fsp3) is 0.952. The molecule has 0 radical (unpaired) electrons. The topological polar surface area (TPSA) is 70.6 Å². The first-order chi connectivity index (χ1) is 12.7. The molecule has 0 bridgehead atoms. The van der Waals surface area contributed by atoms with E-state index in [-0.39, 0.29) is 18.3 Å². The van der Waals surface area contributed by atoms with E-state index in [0.717, 1.165) is 37.5 Å². The van der Waals surface area contributed by atoms with Crippen LogP contribution in [0.5, 0.6) is 0 Å². The van der Waals surface area contributed by atoms with E-state index >= 15 is 0 Å². The van der Waals surface area contributed by atoms with Crippen LogP contribution in [-0.2, 0) is 9.63 Å². The van der Waals surface area contributed by atoms with Crippen LogP contribution >= 0.6 is 0 Å². The van der Waals surface area contributed by atoms with Crippen molar-refractivity contribution in [2.45, 2.75) is 95.9 Å². The van der Waals surface area contributed by atoms with E-state index in [1.807, 2.05) is 0 Å². The van der Waals surface area contributed by atoms with Crippen LogP contribution in [0.15, 0.2) is 0 Å². The summed E-state index contributed by atoms with van der Waals surface area (Å²) >= 11 is 0. The molecule has 0 amide bonds. The highest BCUT2D eigenvalue weighted by atomic mass is 16.7. The van der Waals surface area contributed by atoms with Crippen LogP contribution in [0.3, 0.4) is 0 Å². The van der Waals surface area contributed by atoms with Crippen molar-refractivity contribution in [3.8, 4) is 0 Å². The van der Waals surface area contributed by atoms with Crippen LogP contribution in [0, 0.1) is 29.6 Å². The zero-order chi connectivity index (χ0) is 17.9. The molecule has 4 fully saturated rings.